The van der Waals surface area contributed by atoms with Gasteiger partial charge in [0.05, 0.1) is 32.1 Å². The molecule has 0 saturated carbocycles. The number of quaternary nitrogens is 1. The molecule has 1 aromatic carbocycles. The molecule has 2 aliphatic rings. The average Bonchev–Trinajstić information content (AvgIpc) is 3.13. The molecule has 2 heterocycles. The summed E-state index contributed by atoms with van der Waals surface area (Å²) in [6.07, 6.45) is 8.32. The lowest BCUT2D eigenvalue weighted by Gasteiger charge is -2.39. The van der Waals surface area contributed by atoms with E-state index in [1.54, 1.807) is 0 Å². The highest BCUT2D eigenvalue weighted by Gasteiger charge is 2.32. The molecule has 6 heteroatoms. The number of piperidine rings is 1. The van der Waals surface area contributed by atoms with E-state index >= 15 is 0 Å². The molecule has 1 saturated heterocycles. The molecule has 0 spiro atoms. The molecule has 1 fully saturated rings. The van der Waals surface area contributed by atoms with E-state index in [-0.39, 0.29) is 11.8 Å². The molecule has 4 rings (SSSR count). The second-order valence-electron chi connectivity index (χ2n) is 8.88. The van der Waals surface area contributed by atoms with Gasteiger partial charge in [0.1, 0.15) is 11.8 Å². The van der Waals surface area contributed by atoms with Gasteiger partial charge >= 0.3 is 5.97 Å². The Labute approximate surface area is 172 Å². The number of aryl methyl sites for hydroxylation is 2. The number of benzene rings is 1. The molecule has 0 radical (unpaired) electrons. The second kappa shape index (κ2) is 8.27. The number of esters is 1. The monoisotopic (exact) mass is 398 g/mol. The summed E-state index contributed by atoms with van der Waals surface area (Å²) in [5.74, 6) is -0.582. The Morgan fingerprint density at radius 3 is 2.66 bits per heavy atom. The minimum absolute atomic E-state index is 0.112. The highest BCUT2D eigenvalue weighted by molar-refractivity contribution is 6.43. The molecule has 156 valence electrons. The number of aromatic nitrogens is 1. The topological polar surface area (TPSA) is 76.2 Å². The summed E-state index contributed by atoms with van der Waals surface area (Å²) >= 11 is 0. The van der Waals surface area contributed by atoms with Gasteiger partial charge in [-0.2, -0.15) is 0 Å². The molecule has 1 aliphatic heterocycles. The number of nitrogens with zero attached hydrogens (tertiary/aromatic N) is 2. The highest BCUT2D eigenvalue weighted by Crippen LogP contribution is 2.31. The summed E-state index contributed by atoms with van der Waals surface area (Å²) in [6, 6.07) is 4.04. The summed E-state index contributed by atoms with van der Waals surface area (Å²) in [4.78, 5) is 12.7. The van der Waals surface area contributed by atoms with Crippen molar-refractivity contribution >= 4 is 22.7 Å². The van der Waals surface area contributed by atoms with Gasteiger partial charge in [-0.05, 0) is 49.8 Å². The Hall–Kier alpha value is -2.21. The molecule has 1 aromatic heterocycles. The zero-order valence-electron chi connectivity index (χ0n) is 17.6. The SMILES string of the molecule is CC[N+]1(C)CCC(OC(=O)C(=N)c2noc3ccc4c(c23)CCCCCC4)CC1. The van der Waals surface area contributed by atoms with Crippen LogP contribution < -0.4 is 0 Å². The van der Waals surface area contributed by atoms with Crippen molar-refractivity contribution in [2.75, 3.05) is 26.7 Å². The molecular formula is C23H32N3O3+. The number of likely N-dealkylation sites (tertiary alicyclic amines) is 1. The zero-order chi connectivity index (χ0) is 20.4. The fourth-order valence-corrected chi connectivity index (χ4v) is 4.72. The Kier molecular flexibility index (Phi) is 5.72. The van der Waals surface area contributed by atoms with Gasteiger partial charge in [0.2, 0.25) is 0 Å². The molecule has 6 nitrogen and oxygen atoms in total. The van der Waals surface area contributed by atoms with Gasteiger partial charge in [-0.15, -0.1) is 0 Å². The van der Waals surface area contributed by atoms with Crippen molar-refractivity contribution < 1.29 is 18.5 Å². The number of carbonyl (C=O) groups is 1. The third kappa shape index (κ3) is 4.08. The highest BCUT2D eigenvalue weighted by atomic mass is 16.5. The van der Waals surface area contributed by atoms with E-state index < -0.39 is 5.97 Å². The first-order chi connectivity index (χ1) is 14.0. The van der Waals surface area contributed by atoms with E-state index in [1.807, 2.05) is 6.07 Å². The number of fused-ring (bicyclic) bond motifs is 3. The summed E-state index contributed by atoms with van der Waals surface area (Å²) in [5, 5.41) is 13.4. The predicted molar refractivity (Wildman–Crippen MR) is 112 cm³/mol. The minimum Gasteiger partial charge on any atom is -0.457 e. The summed E-state index contributed by atoms with van der Waals surface area (Å²) in [5.41, 5.74) is 3.31. The lowest BCUT2D eigenvalue weighted by Crippen LogP contribution is -2.51. The van der Waals surface area contributed by atoms with Crippen LogP contribution in [0.4, 0.5) is 0 Å². The molecule has 1 N–H and O–H groups in total. The van der Waals surface area contributed by atoms with Gasteiger partial charge in [0.25, 0.3) is 0 Å². The molecule has 0 amide bonds. The molecule has 0 bridgehead atoms. The van der Waals surface area contributed by atoms with E-state index in [0.29, 0.717) is 11.3 Å². The number of rotatable bonds is 4. The lowest BCUT2D eigenvalue weighted by atomic mass is 9.90. The maximum atomic E-state index is 12.7. The fraction of sp³-hybridized carbons (Fsp3) is 0.609. The summed E-state index contributed by atoms with van der Waals surface area (Å²) < 4.78 is 12.2. The number of hydrogen-bond acceptors (Lipinski definition) is 5. The maximum Gasteiger partial charge on any atom is 0.358 e. The predicted octanol–water partition coefficient (Wildman–Crippen LogP) is 4.03. The lowest BCUT2D eigenvalue weighted by molar-refractivity contribution is -0.913. The van der Waals surface area contributed by atoms with Crippen LogP contribution in [0.3, 0.4) is 0 Å². The van der Waals surface area contributed by atoms with Crippen molar-refractivity contribution in [2.24, 2.45) is 0 Å². The Morgan fingerprint density at radius 1 is 1.21 bits per heavy atom. The van der Waals surface area contributed by atoms with Crippen LogP contribution in [-0.4, -0.2) is 54.1 Å². The van der Waals surface area contributed by atoms with Crippen molar-refractivity contribution in [1.29, 1.82) is 5.41 Å². The van der Waals surface area contributed by atoms with Crippen molar-refractivity contribution in [3.63, 3.8) is 0 Å². The molecule has 0 unspecified atom stereocenters. The maximum absolute atomic E-state index is 12.7. The van der Waals surface area contributed by atoms with E-state index in [1.165, 1.54) is 30.4 Å². The van der Waals surface area contributed by atoms with Crippen LogP contribution in [-0.2, 0) is 22.4 Å². The minimum atomic E-state index is -0.582. The standard InChI is InChI=1S/C23H32N3O3/c1-3-26(2)14-12-17(13-15-26)28-23(27)21(24)22-20-18-9-7-5-4-6-8-16(18)10-11-19(20)29-25-22/h10-11,17,24H,3-9,12-15H2,1-2H3/q+1. The Bertz CT molecular complexity index is 909. The summed E-state index contributed by atoms with van der Waals surface area (Å²) in [6.45, 7) is 5.29. The smallest absolute Gasteiger partial charge is 0.358 e. The molecule has 29 heavy (non-hydrogen) atoms. The van der Waals surface area contributed by atoms with Crippen LogP contribution in [0.15, 0.2) is 16.7 Å². The quantitative estimate of drug-likeness (QED) is 0.479. The van der Waals surface area contributed by atoms with Crippen LogP contribution in [0, 0.1) is 5.41 Å². The van der Waals surface area contributed by atoms with Gasteiger partial charge in [0.15, 0.2) is 11.3 Å². The van der Waals surface area contributed by atoms with Crippen LogP contribution >= 0.6 is 0 Å². The van der Waals surface area contributed by atoms with Crippen LogP contribution in [0.25, 0.3) is 11.0 Å². The van der Waals surface area contributed by atoms with Gasteiger partial charge in [-0.1, -0.05) is 24.1 Å². The van der Waals surface area contributed by atoms with Crippen LogP contribution in [0.2, 0.25) is 0 Å². The third-order valence-electron chi connectivity index (χ3n) is 6.93. The first-order valence-corrected chi connectivity index (χ1v) is 11.0. The van der Waals surface area contributed by atoms with Gasteiger partial charge in [-0.25, -0.2) is 4.79 Å². The third-order valence-corrected chi connectivity index (χ3v) is 6.93. The van der Waals surface area contributed by atoms with Crippen LogP contribution in [0.1, 0.15) is 62.3 Å². The fourth-order valence-electron chi connectivity index (χ4n) is 4.72. The first-order valence-electron chi connectivity index (χ1n) is 11.0. The molecule has 2 aromatic rings. The van der Waals surface area contributed by atoms with Crippen molar-refractivity contribution in [2.45, 2.75) is 64.4 Å². The number of hydrogen-bond donors (Lipinski definition) is 1. The van der Waals surface area contributed by atoms with E-state index in [4.69, 9.17) is 14.7 Å². The van der Waals surface area contributed by atoms with E-state index in [2.05, 4.69) is 25.2 Å². The van der Waals surface area contributed by atoms with Gasteiger partial charge < -0.3 is 13.7 Å². The summed E-state index contributed by atoms with van der Waals surface area (Å²) in [7, 11) is 2.25. The van der Waals surface area contributed by atoms with Crippen LogP contribution in [0.5, 0.6) is 0 Å². The van der Waals surface area contributed by atoms with Crippen molar-refractivity contribution in [1.82, 2.24) is 5.16 Å². The largest absolute Gasteiger partial charge is 0.457 e. The molecule has 0 atom stereocenters. The molecule has 1 aliphatic carbocycles. The van der Waals surface area contributed by atoms with Crippen molar-refractivity contribution in [3.05, 3.63) is 29.0 Å². The van der Waals surface area contributed by atoms with Gasteiger partial charge in [-0.3, -0.25) is 5.41 Å². The number of nitrogens with one attached hydrogen (secondary N) is 1. The second-order valence-corrected chi connectivity index (χ2v) is 8.88. The van der Waals surface area contributed by atoms with E-state index in [9.17, 15) is 4.79 Å². The van der Waals surface area contributed by atoms with Gasteiger partial charge in [0, 0.05) is 12.8 Å². The average molecular weight is 399 g/mol. The number of carbonyl (C=O) groups excluding carboxylic acids is 1. The Balaban J connectivity index is 1.54. The zero-order valence-corrected chi connectivity index (χ0v) is 17.6. The first kappa shape index (κ1) is 20.1. The van der Waals surface area contributed by atoms with Crippen molar-refractivity contribution in [3.8, 4) is 0 Å². The Morgan fingerprint density at radius 2 is 1.93 bits per heavy atom. The molecular weight excluding hydrogens is 366 g/mol. The normalized spacial score (nSPS) is 25.1. The van der Waals surface area contributed by atoms with E-state index in [0.717, 1.165) is 61.6 Å². The number of ether oxygens (including phenoxy) is 1.